The number of sulfonamides is 1. The second-order valence-electron chi connectivity index (χ2n) is 8.88. The molecular weight excluding hydrogens is 509 g/mol. The molecule has 1 saturated carbocycles. The van der Waals surface area contributed by atoms with E-state index < -0.39 is 28.5 Å². The van der Waals surface area contributed by atoms with Crippen LogP contribution in [-0.4, -0.2) is 50.0 Å². The molecule has 7 nitrogen and oxygen atoms in total. The SMILES string of the molecule is CC(C(=O)NC1CCCCC1)N(Cc1ccccc1Cl)C(=O)CN(c1cccc(Cl)c1)S(C)(=O)=O. The molecule has 0 bridgehead atoms. The summed E-state index contributed by atoms with van der Waals surface area (Å²) in [5.74, 6) is -0.799. The summed E-state index contributed by atoms with van der Waals surface area (Å²) in [5, 5.41) is 3.86. The minimum Gasteiger partial charge on any atom is -0.352 e. The van der Waals surface area contributed by atoms with Crippen molar-refractivity contribution in [1.82, 2.24) is 10.2 Å². The quantitative estimate of drug-likeness (QED) is 0.503. The smallest absolute Gasteiger partial charge is 0.244 e. The van der Waals surface area contributed by atoms with Crippen LogP contribution >= 0.6 is 23.2 Å². The Balaban J connectivity index is 1.88. The second-order valence-corrected chi connectivity index (χ2v) is 11.6. The molecule has 10 heteroatoms. The molecule has 2 aromatic rings. The van der Waals surface area contributed by atoms with Gasteiger partial charge in [0.05, 0.1) is 11.9 Å². The number of nitrogens with one attached hydrogen (secondary N) is 1. The van der Waals surface area contributed by atoms with Gasteiger partial charge >= 0.3 is 0 Å². The maximum Gasteiger partial charge on any atom is 0.244 e. The van der Waals surface area contributed by atoms with Gasteiger partial charge in [0.2, 0.25) is 21.8 Å². The first kappa shape index (κ1) is 27.3. The number of hydrogen-bond donors (Lipinski definition) is 1. The van der Waals surface area contributed by atoms with Crippen molar-refractivity contribution in [2.75, 3.05) is 17.1 Å². The zero-order valence-corrected chi connectivity index (χ0v) is 22.2. The van der Waals surface area contributed by atoms with E-state index in [4.69, 9.17) is 23.2 Å². The van der Waals surface area contributed by atoms with Gasteiger partial charge in [0.25, 0.3) is 0 Å². The summed E-state index contributed by atoms with van der Waals surface area (Å²) in [4.78, 5) is 28.1. The first-order chi connectivity index (χ1) is 16.6. The van der Waals surface area contributed by atoms with E-state index in [1.165, 1.54) is 11.0 Å². The molecule has 0 radical (unpaired) electrons. The Bertz CT molecular complexity index is 1150. The van der Waals surface area contributed by atoms with Crippen molar-refractivity contribution in [3.63, 3.8) is 0 Å². The predicted octanol–water partition coefficient (Wildman–Crippen LogP) is 4.63. The lowest BCUT2D eigenvalue weighted by Crippen LogP contribution is -2.53. The topological polar surface area (TPSA) is 86.8 Å². The molecular formula is C25H31Cl2N3O4S. The molecule has 1 aliphatic carbocycles. The van der Waals surface area contributed by atoms with Gasteiger partial charge < -0.3 is 10.2 Å². The summed E-state index contributed by atoms with van der Waals surface area (Å²) < 4.78 is 26.2. The number of carbonyl (C=O) groups is 2. The Morgan fingerprint density at radius 3 is 2.37 bits per heavy atom. The van der Waals surface area contributed by atoms with Crippen LogP contribution in [0.2, 0.25) is 10.0 Å². The Labute approximate surface area is 217 Å². The summed E-state index contributed by atoms with van der Waals surface area (Å²) in [6.45, 7) is 1.23. The summed E-state index contributed by atoms with van der Waals surface area (Å²) >= 11 is 12.4. The Morgan fingerprint density at radius 2 is 1.74 bits per heavy atom. The average molecular weight is 541 g/mol. The van der Waals surface area contributed by atoms with E-state index >= 15 is 0 Å². The molecule has 1 N–H and O–H groups in total. The first-order valence-corrected chi connectivity index (χ1v) is 14.2. The fraction of sp³-hybridized carbons (Fsp3) is 0.440. The zero-order valence-electron chi connectivity index (χ0n) is 19.9. The van der Waals surface area contributed by atoms with Crippen LogP contribution in [0.15, 0.2) is 48.5 Å². The van der Waals surface area contributed by atoms with E-state index in [1.807, 2.05) is 0 Å². The van der Waals surface area contributed by atoms with Gasteiger partial charge in [-0.1, -0.05) is 66.7 Å². The van der Waals surface area contributed by atoms with Crippen molar-refractivity contribution >= 4 is 50.7 Å². The number of anilines is 1. The first-order valence-electron chi connectivity index (χ1n) is 11.6. The number of benzene rings is 2. The minimum absolute atomic E-state index is 0.0604. The summed E-state index contributed by atoms with van der Waals surface area (Å²) in [6, 6.07) is 12.6. The van der Waals surface area contributed by atoms with Gasteiger partial charge in [-0.15, -0.1) is 0 Å². The lowest BCUT2D eigenvalue weighted by atomic mass is 9.95. The molecule has 0 heterocycles. The molecule has 0 saturated heterocycles. The molecule has 1 fully saturated rings. The van der Waals surface area contributed by atoms with Crippen molar-refractivity contribution in [2.24, 2.45) is 0 Å². The monoisotopic (exact) mass is 539 g/mol. The highest BCUT2D eigenvalue weighted by Crippen LogP contribution is 2.24. The summed E-state index contributed by atoms with van der Waals surface area (Å²) in [6.07, 6.45) is 6.12. The van der Waals surface area contributed by atoms with Crippen LogP contribution in [0.4, 0.5) is 5.69 Å². The lowest BCUT2D eigenvalue weighted by Gasteiger charge is -2.33. The van der Waals surface area contributed by atoms with Crippen LogP contribution in [0, 0.1) is 0 Å². The molecule has 2 aromatic carbocycles. The molecule has 3 rings (SSSR count). The van der Waals surface area contributed by atoms with Gasteiger partial charge in [0.15, 0.2) is 0 Å². The molecule has 1 unspecified atom stereocenters. The minimum atomic E-state index is -3.81. The number of nitrogens with zero attached hydrogens (tertiary/aromatic N) is 2. The molecule has 0 spiro atoms. The molecule has 35 heavy (non-hydrogen) atoms. The lowest BCUT2D eigenvalue weighted by molar-refractivity contribution is -0.139. The second kappa shape index (κ2) is 12.1. The highest BCUT2D eigenvalue weighted by molar-refractivity contribution is 7.92. The van der Waals surface area contributed by atoms with E-state index in [2.05, 4.69) is 5.32 Å². The van der Waals surface area contributed by atoms with E-state index in [0.29, 0.717) is 15.6 Å². The van der Waals surface area contributed by atoms with E-state index in [9.17, 15) is 18.0 Å². The van der Waals surface area contributed by atoms with Gasteiger partial charge in [-0.2, -0.15) is 0 Å². The van der Waals surface area contributed by atoms with E-state index in [1.54, 1.807) is 49.4 Å². The predicted molar refractivity (Wildman–Crippen MR) is 140 cm³/mol. The third-order valence-electron chi connectivity index (χ3n) is 6.19. The molecule has 1 atom stereocenters. The number of rotatable bonds is 9. The Kier molecular flexibility index (Phi) is 9.44. The fourth-order valence-corrected chi connectivity index (χ4v) is 5.43. The normalized spacial score (nSPS) is 15.3. The summed E-state index contributed by atoms with van der Waals surface area (Å²) in [5.41, 5.74) is 0.929. The largest absolute Gasteiger partial charge is 0.352 e. The zero-order chi connectivity index (χ0) is 25.6. The Morgan fingerprint density at radius 1 is 1.06 bits per heavy atom. The number of carbonyl (C=O) groups excluding carboxylic acids is 2. The highest BCUT2D eigenvalue weighted by atomic mass is 35.5. The van der Waals surface area contributed by atoms with Gasteiger partial charge in [0.1, 0.15) is 12.6 Å². The number of hydrogen-bond acceptors (Lipinski definition) is 4. The van der Waals surface area contributed by atoms with Crippen LogP contribution in [0.3, 0.4) is 0 Å². The summed E-state index contributed by atoms with van der Waals surface area (Å²) in [7, 11) is -3.81. The van der Waals surface area contributed by atoms with Crippen molar-refractivity contribution in [1.29, 1.82) is 0 Å². The molecule has 190 valence electrons. The van der Waals surface area contributed by atoms with Crippen molar-refractivity contribution in [3.05, 3.63) is 64.1 Å². The number of halogens is 2. The third kappa shape index (κ3) is 7.59. The van der Waals surface area contributed by atoms with Crippen LogP contribution < -0.4 is 9.62 Å². The van der Waals surface area contributed by atoms with E-state index in [0.717, 1.165) is 42.7 Å². The van der Waals surface area contributed by atoms with Crippen LogP contribution in [0.5, 0.6) is 0 Å². The molecule has 2 amide bonds. The maximum atomic E-state index is 13.6. The van der Waals surface area contributed by atoms with Gasteiger partial charge in [-0.3, -0.25) is 13.9 Å². The average Bonchev–Trinajstić information content (AvgIpc) is 2.81. The molecule has 0 aliphatic heterocycles. The van der Waals surface area contributed by atoms with Crippen LogP contribution in [-0.2, 0) is 26.2 Å². The maximum absolute atomic E-state index is 13.6. The van der Waals surface area contributed by atoms with Crippen molar-refractivity contribution < 1.29 is 18.0 Å². The third-order valence-corrected chi connectivity index (χ3v) is 7.94. The molecule has 1 aliphatic rings. The van der Waals surface area contributed by atoms with Crippen LogP contribution in [0.1, 0.15) is 44.6 Å². The Hall–Kier alpha value is -2.29. The van der Waals surface area contributed by atoms with Crippen molar-refractivity contribution in [2.45, 2.75) is 57.7 Å². The van der Waals surface area contributed by atoms with Gasteiger partial charge in [0, 0.05) is 22.6 Å². The van der Waals surface area contributed by atoms with Gasteiger partial charge in [-0.05, 0) is 49.6 Å². The van der Waals surface area contributed by atoms with E-state index in [-0.39, 0.29) is 24.2 Å². The highest BCUT2D eigenvalue weighted by Gasteiger charge is 2.31. The standard InChI is InChI=1S/C25H31Cl2N3O4S/c1-18(25(32)28-21-11-4-3-5-12-21)29(16-19-9-6-7-14-23(19)27)24(31)17-30(35(2,33)34)22-13-8-10-20(26)15-22/h6-10,13-15,18,21H,3-5,11-12,16-17H2,1-2H3,(H,28,32). The number of amides is 2. The van der Waals surface area contributed by atoms with Crippen molar-refractivity contribution in [3.8, 4) is 0 Å². The fourth-order valence-electron chi connectivity index (χ4n) is 4.21. The van der Waals surface area contributed by atoms with Gasteiger partial charge in [-0.25, -0.2) is 8.42 Å². The molecule has 0 aromatic heterocycles. The van der Waals surface area contributed by atoms with Crippen LogP contribution in [0.25, 0.3) is 0 Å².